The quantitative estimate of drug-likeness (QED) is 0.862. The summed E-state index contributed by atoms with van der Waals surface area (Å²) in [6.45, 7) is 10.5. The highest BCUT2D eigenvalue weighted by Crippen LogP contribution is 2.26. The topological polar surface area (TPSA) is 55.1 Å². The summed E-state index contributed by atoms with van der Waals surface area (Å²) in [5.74, 6) is 0.293. The fraction of sp³-hybridized carbons (Fsp3) is 0.444. The average Bonchev–Trinajstić information content (AvgIpc) is 2.75. The van der Waals surface area contributed by atoms with Gasteiger partial charge in [0.1, 0.15) is 5.52 Å². The van der Waals surface area contributed by atoms with Crippen LogP contribution in [-0.4, -0.2) is 16.4 Å². The molecule has 4 heteroatoms. The van der Waals surface area contributed by atoms with Crippen LogP contribution in [0.1, 0.15) is 46.9 Å². The first-order chi connectivity index (χ1) is 10.1. The molecule has 4 nitrogen and oxygen atoms in total. The summed E-state index contributed by atoms with van der Waals surface area (Å²) in [6.07, 6.45) is 3.96. The molecule has 0 saturated carbocycles. The van der Waals surface area contributed by atoms with E-state index in [4.69, 9.17) is 4.42 Å². The summed E-state index contributed by atoms with van der Waals surface area (Å²) < 4.78 is 5.55. The molecule has 0 aliphatic heterocycles. The van der Waals surface area contributed by atoms with Crippen LogP contribution in [0.5, 0.6) is 0 Å². The summed E-state index contributed by atoms with van der Waals surface area (Å²) in [4.78, 5) is 16.4. The van der Waals surface area contributed by atoms with Crippen molar-refractivity contribution in [1.29, 1.82) is 0 Å². The third kappa shape index (κ3) is 4.72. The second kappa shape index (κ2) is 5.95. The summed E-state index contributed by atoms with van der Waals surface area (Å²) in [5.41, 5.74) is 1.40. The van der Waals surface area contributed by atoms with Gasteiger partial charge in [0.25, 0.3) is 0 Å². The normalized spacial score (nSPS) is 13.0. The largest absolute Gasteiger partial charge is 0.437 e. The third-order valence-electron chi connectivity index (χ3n) is 3.12. The van der Waals surface area contributed by atoms with Crippen LogP contribution in [0.15, 0.2) is 34.8 Å². The lowest BCUT2D eigenvalue weighted by Crippen LogP contribution is -2.45. The zero-order valence-corrected chi connectivity index (χ0v) is 13.9. The molecule has 0 saturated heterocycles. The van der Waals surface area contributed by atoms with Gasteiger partial charge in [-0.25, -0.2) is 4.98 Å². The molecule has 2 rings (SSSR count). The fourth-order valence-electron chi connectivity index (χ4n) is 2.85. The van der Waals surface area contributed by atoms with E-state index in [1.165, 1.54) is 6.08 Å². The molecule has 0 aliphatic rings. The zero-order chi connectivity index (χ0) is 16.4. The minimum absolute atomic E-state index is 0.142. The van der Waals surface area contributed by atoms with Crippen LogP contribution < -0.4 is 5.32 Å². The van der Waals surface area contributed by atoms with Crippen molar-refractivity contribution in [3.63, 3.8) is 0 Å². The second-order valence-corrected chi connectivity index (χ2v) is 7.46. The van der Waals surface area contributed by atoms with E-state index in [1.807, 2.05) is 38.1 Å². The van der Waals surface area contributed by atoms with Gasteiger partial charge in [-0.05, 0) is 37.8 Å². The van der Waals surface area contributed by atoms with E-state index in [-0.39, 0.29) is 16.9 Å². The smallest absolute Gasteiger partial charge is 0.244 e. The summed E-state index contributed by atoms with van der Waals surface area (Å²) >= 11 is 0. The Labute approximate surface area is 131 Å². The number of carbonyl (C=O) groups is 1. The number of rotatable bonds is 4. The number of carbonyl (C=O) groups excluding carboxylic acids is 1. The van der Waals surface area contributed by atoms with E-state index in [0.717, 1.165) is 17.5 Å². The van der Waals surface area contributed by atoms with E-state index >= 15 is 0 Å². The lowest BCUT2D eigenvalue weighted by molar-refractivity contribution is -0.118. The van der Waals surface area contributed by atoms with Gasteiger partial charge in [0, 0.05) is 17.7 Å². The van der Waals surface area contributed by atoms with E-state index in [9.17, 15) is 4.79 Å². The molecule has 0 spiro atoms. The Morgan fingerprint density at radius 2 is 1.91 bits per heavy atom. The first-order valence-corrected chi connectivity index (χ1v) is 7.50. The van der Waals surface area contributed by atoms with Gasteiger partial charge < -0.3 is 9.73 Å². The molecule has 0 atom stereocenters. The Morgan fingerprint density at radius 3 is 2.55 bits per heavy atom. The Hall–Kier alpha value is -2.10. The lowest BCUT2D eigenvalue weighted by Gasteiger charge is -2.32. The van der Waals surface area contributed by atoms with Crippen molar-refractivity contribution in [3.05, 3.63) is 36.2 Å². The average molecular weight is 300 g/mol. The van der Waals surface area contributed by atoms with E-state index in [2.05, 4.69) is 31.1 Å². The highest BCUT2D eigenvalue weighted by molar-refractivity contribution is 5.92. The maximum Gasteiger partial charge on any atom is 0.244 e. The molecule has 1 heterocycles. The lowest BCUT2D eigenvalue weighted by atomic mass is 9.82. The standard InChI is InChI=1S/C18H24N2O2/c1-17(2,3)12-18(4,5)20-15(21)10-11-16-19-13-8-6-7-9-14(13)22-16/h6-11H,12H2,1-5H3,(H,20,21). The van der Waals surface area contributed by atoms with Crippen molar-refractivity contribution in [2.45, 2.75) is 46.6 Å². The number of aromatic nitrogens is 1. The Bertz CT molecular complexity index is 657. The van der Waals surface area contributed by atoms with Gasteiger partial charge in [-0.15, -0.1) is 0 Å². The number of fused-ring (bicyclic) bond motifs is 1. The van der Waals surface area contributed by atoms with Gasteiger partial charge in [-0.3, -0.25) is 4.79 Å². The Balaban J connectivity index is 2.02. The van der Waals surface area contributed by atoms with Crippen molar-refractivity contribution in [3.8, 4) is 0 Å². The number of amides is 1. The fourth-order valence-corrected chi connectivity index (χ4v) is 2.85. The molecule has 1 N–H and O–H groups in total. The molecular formula is C18H24N2O2. The molecule has 0 bridgehead atoms. The van der Waals surface area contributed by atoms with Crippen LogP contribution in [-0.2, 0) is 4.79 Å². The molecular weight excluding hydrogens is 276 g/mol. The number of para-hydroxylation sites is 2. The van der Waals surface area contributed by atoms with Crippen LogP contribution in [0.3, 0.4) is 0 Å². The molecule has 1 aromatic heterocycles. The molecule has 1 amide bonds. The zero-order valence-electron chi connectivity index (χ0n) is 13.9. The molecule has 2 aromatic rings. The number of nitrogens with one attached hydrogen (secondary N) is 1. The highest BCUT2D eigenvalue weighted by atomic mass is 16.3. The molecule has 0 radical (unpaired) electrons. The SMILES string of the molecule is CC(C)(C)CC(C)(C)NC(=O)C=Cc1nc2ccccc2o1. The second-order valence-electron chi connectivity index (χ2n) is 7.46. The Morgan fingerprint density at radius 1 is 1.23 bits per heavy atom. The molecule has 0 fully saturated rings. The molecule has 0 unspecified atom stereocenters. The van der Waals surface area contributed by atoms with Crippen LogP contribution in [0.4, 0.5) is 0 Å². The van der Waals surface area contributed by atoms with Gasteiger partial charge in [-0.2, -0.15) is 0 Å². The van der Waals surface area contributed by atoms with Crippen LogP contribution >= 0.6 is 0 Å². The monoisotopic (exact) mass is 300 g/mol. The van der Waals surface area contributed by atoms with E-state index in [1.54, 1.807) is 6.08 Å². The van der Waals surface area contributed by atoms with Crippen LogP contribution in [0.25, 0.3) is 17.2 Å². The molecule has 22 heavy (non-hydrogen) atoms. The maximum absolute atomic E-state index is 12.1. The van der Waals surface area contributed by atoms with Crippen molar-refractivity contribution < 1.29 is 9.21 Å². The predicted octanol–water partition coefficient (Wildman–Crippen LogP) is 4.17. The molecule has 0 aliphatic carbocycles. The van der Waals surface area contributed by atoms with Crippen molar-refractivity contribution >= 4 is 23.1 Å². The summed E-state index contributed by atoms with van der Waals surface area (Å²) in [6, 6.07) is 7.53. The number of benzene rings is 1. The number of oxazole rings is 1. The summed E-state index contributed by atoms with van der Waals surface area (Å²) in [5, 5.41) is 3.02. The van der Waals surface area contributed by atoms with Crippen molar-refractivity contribution in [1.82, 2.24) is 10.3 Å². The van der Waals surface area contributed by atoms with Crippen LogP contribution in [0, 0.1) is 5.41 Å². The minimum atomic E-state index is -0.263. The highest BCUT2D eigenvalue weighted by Gasteiger charge is 2.26. The van der Waals surface area contributed by atoms with Gasteiger partial charge >= 0.3 is 0 Å². The van der Waals surface area contributed by atoms with E-state index < -0.39 is 0 Å². The number of hydrogen-bond acceptors (Lipinski definition) is 3. The minimum Gasteiger partial charge on any atom is -0.437 e. The van der Waals surface area contributed by atoms with Crippen molar-refractivity contribution in [2.75, 3.05) is 0 Å². The van der Waals surface area contributed by atoms with Gasteiger partial charge in [0.15, 0.2) is 5.58 Å². The Kier molecular flexibility index (Phi) is 4.40. The van der Waals surface area contributed by atoms with Crippen LogP contribution in [0.2, 0.25) is 0 Å². The number of hydrogen-bond donors (Lipinski definition) is 1. The molecule has 118 valence electrons. The maximum atomic E-state index is 12.1. The van der Waals surface area contributed by atoms with E-state index in [0.29, 0.717) is 5.89 Å². The van der Waals surface area contributed by atoms with Crippen molar-refractivity contribution in [2.24, 2.45) is 5.41 Å². The third-order valence-corrected chi connectivity index (χ3v) is 3.12. The number of nitrogens with zero attached hydrogens (tertiary/aromatic N) is 1. The first-order valence-electron chi connectivity index (χ1n) is 7.50. The predicted molar refractivity (Wildman–Crippen MR) is 89.3 cm³/mol. The summed E-state index contributed by atoms with van der Waals surface area (Å²) in [7, 11) is 0. The molecule has 1 aromatic carbocycles. The van der Waals surface area contributed by atoms with Gasteiger partial charge in [0.05, 0.1) is 0 Å². The van der Waals surface area contributed by atoms with Gasteiger partial charge in [0.2, 0.25) is 11.8 Å². The first kappa shape index (κ1) is 16.3. The van der Waals surface area contributed by atoms with Gasteiger partial charge in [-0.1, -0.05) is 32.9 Å².